The fourth-order valence-electron chi connectivity index (χ4n) is 2.31. The monoisotopic (exact) mass is 414 g/mol. The van der Waals surface area contributed by atoms with E-state index >= 15 is 0 Å². The summed E-state index contributed by atoms with van der Waals surface area (Å²) in [5.41, 5.74) is -0.240. The van der Waals surface area contributed by atoms with Gasteiger partial charge in [-0.15, -0.1) is 6.58 Å². The van der Waals surface area contributed by atoms with Crippen LogP contribution in [0, 0.1) is 11.3 Å². The maximum Gasteiger partial charge on any atom is 0.417 e. The summed E-state index contributed by atoms with van der Waals surface area (Å²) in [6, 6.07) is 10.6. The lowest BCUT2D eigenvalue weighted by Gasteiger charge is -2.22. The van der Waals surface area contributed by atoms with Crippen LogP contribution in [0.4, 0.5) is 13.2 Å². The number of alkyl halides is 3. The first-order chi connectivity index (χ1) is 12.6. The Morgan fingerprint density at radius 1 is 1.19 bits per heavy atom. The van der Waals surface area contributed by atoms with E-state index in [4.69, 9.17) is 16.9 Å². The molecular weight excluding hydrogens is 401 g/mol. The number of rotatable bonds is 6. The van der Waals surface area contributed by atoms with Crippen molar-refractivity contribution in [3.63, 3.8) is 0 Å². The van der Waals surface area contributed by atoms with Gasteiger partial charge >= 0.3 is 6.18 Å². The minimum atomic E-state index is -4.78. The van der Waals surface area contributed by atoms with E-state index in [1.165, 1.54) is 18.2 Å². The summed E-state index contributed by atoms with van der Waals surface area (Å²) >= 11 is 5.56. The fourth-order valence-corrected chi connectivity index (χ4v) is 3.96. The Bertz CT molecular complexity index is 981. The second-order valence-corrected chi connectivity index (χ2v) is 7.88. The highest BCUT2D eigenvalue weighted by atomic mass is 35.5. The van der Waals surface area contributed by atoms with Crippen LogP contribution >= 0.6 is 11.6 Å². The quantitative estimate of drug-likeness (QED) is 0.648. The Hall–Kier alpha value is -2.34. The molecule has 0 saturated carbocycles. The Morgan fingerprint density at radius 3 is 2.33 bits per heavy atom. The van der Waals surface area contributed by atoms with Gasteiger partial charge < -0.3 is 0 Å². The molecule has 0 radical (unpaired) electrons. The third-order valence-electron chi connectivity index (χ3n) is 3.66. The minimum absolute atomic E-state index is 0.0932. The van der Waals surface area contributed by atoms with Crippen molar-refractivity contribution >= 4 is 21.6 Å². The number of benzene rings is 2. The smallest absolute Gasteiger partial charge is 0.207 e. The van der Waals surface area contributed by atoms with Gasteiger partial charge in [-0.3, -0.25) is 0 Å². The van der Waals surface area contributed by atoms with E-state index in [-0.39, 0.29) is 13.1 Å². The first kappa shape index (κ1) is 21.0. The van der Waals surface area contributed by atoms with Gasteiger partial charge in [0, 0.05) is 13.1 Å². The lowest BCUT2D eigenvalue weighted by Crippen LogP contribution is -2.31. The van der Waals surface area contributed by atoms with E-state index in [0.29, 0.717) is 17.2 Å². The summed E-state index contributed by atoms with van der Waals surface area (Å²) < 4.78 is 65.8. The molecule has 142 valence electrons. The number of hydrogen-bond acceptors (Lipinski definition) is 3. The van der Waals surface area contributed by atoms with E-state index in [0.717, 1.165) is 16.4 Å². The van der Waals surface area contributed by atoms with Crippen molar-refractivity contribution < 1.29 is 21.6 Å². The lowest BCUT2D eigenvalue weighted by atomic mass is 10.1. The maximum atomic E-state index is 13.0. The largest absolute Gasteiger partial charge is 0.417 e. The van der Waals surface area contributed by atoms with E-state index in [1.807, 2.05) is 6.07 Å². The van der Waals surface area contributed by atoms with Gasteiger partial charge in [0.05, 0.1) is 27.1 Å². The van der Waals surface area contributed by atoms with E-state index in [9.17, 15) is 21.6 Å². The average Bonchev–Trinajstić information content (AvgIpc) is 2.61. The molecule has 2 aromatic rings. The van der Waals surface area contributed by atoms with Crippen LogP contribution in [0.1, 0.15) is 16.7 Å². The van der Waals surface area contributed by atoms with Gasteiger partial charge in [-0.2, -0.15) is 22.7 Å². The summed E-state index contributed by atoms with van der Waals surface area (Å²) in [5.74, 6) is 0. The zero-order chi connectivity index (χ0) is 20.2. The predicted octanol–water partition coefficient (Wildman–Crippen LogP) is 4.61. The van der Waals surface area contributed by atoms with Gasteiger partial charge in [0.1, 0.15) is 0 Å². The van der Waals surface area contributed by atoms with Crippen molar-refractivity contribution in [2.75, 3.05) is 6.54 Å². The molecule has 0 unspecified atom stereocenters. The molecule has 0 fully saturated rings. The van der Waals surface area contributed by atoms with Crippen LogP contribution in [-0.4, -0.2) is 19.3 Å². The first-order valence-electron chi connectivity index (χ1n) is 7.56. The van der Waals surface area contributed by atoms with E-state index in [1.54, 1.807) is 12.1 Å². The fraction of sp³-hybridized carbons (Fsp3) is 0.167. The molecule has 0 aliphatic carbocycles. The SMILES string of the molecule is C=CCN(Cc1ccc(C#N)cc1)S(=O)(=O)c1ccc(Cl)c(C(F)(F)F)c1. The van der Waals surface area contributed by atoms with Crippen molar-refractivity contribution in [2.45, 2.75) is 17.6 Å². The molecule has 2 rings (SSSR count). The average molecular weight is 415 g/mol. The Kier molecular flexibility index (Phi) is 6.31. The van der Waals surface area contributed by atoms with Crippen molar-refractivity contribution in [2.24, 2.45) is 0 Å². The molecule has 0 bridgehead atoms. The zero-order valence-electron chi connectivity index (χ0n) is 13.9. The number of nitriles is 1. The highest BCUT2D eigenvalue weighted by Crippen LogP contribution is 2.36. The summed E-state index contributed by atoms with van der Waals surface area (Å²) in [6.07, 6.45) is -3.44. The zero-order valence-corrected chi connectivity index (χ0v) is 15.4. The number of sulfonamides is 1. The second-order valence-electron chi connectivity index (χ2n) is 5.53. The Balaban J connectivity index is 2.43. The van der Waals surface area contributed by atoms with Crippen LogP contribution in [0.5, 0.6) is 0 Å². The molecular formula is C18H14ClF3N2O2S. The van der Waals surface area contributed by atoms with Gasteiger partial charge in [-0.1, -0.05) is 29.8 Å². The van der Waals surface area contributed by atoms with Gasteiger partial charge in [0.15, 0.2) is 0 Å². The second kappa shape index (κ2) is 8.13. The first-order valence-corrected chi connectivity index (χ1v) is 9.38. The number of halogens is 4. The highest BCUT2D eigenvalue weighted by Gasteiger charge is 2.35. The standard InChI is InChI=1S/C18H14ClF3N2O2S/c1-2-9-24(12-14-5-3-13(11-23)4-6-14)27(25,26)15-7-8-17(19)16(10-15)18(20,21)22/h2-8,10H,1,9,12H2. The van der Waals surface area contributed by atoms with Gasteiger partial charge in [0.2, 0.25) is 10.0 Å². The van der Waals surface area contributed by atoms with Crippen LogP contribution in [0.25, 0.3) is 0 Å². The Morgan fingerprint density at radius 2 is 1.81 bits per heavy atom. The molecule has 27 heavy (non-hydrogen) atoms. The van der Waals surface area contributed by atoms with Crippen LogP contribution in [0.3, 0.4) is 0 Å². The van der Waals surface area contributed by atoms with E-state index < -0.39 is 31.7 Å². The lowest BCUT2D eigenvalue weighted by molar-refractivity contribution is -0.137. The molecule has 0 atom stereocenters. The van der Waals surface area contributed by atoms with Crippen LogP contribution in [0.2, 0.25) is 5.02 Å². The molecule has 0 spiro atoms. The number of hydrogen-bond donors (Lipinski definition) is 0. The molecule has 0 amide bonds. The topological polar surface area (TPSA) is 61.2 Å². The molecule has 9 heteroatoms. The van der Waals surface area contributed by atoms with E-state index in [2.05, 4.69) is 6.58 Å². The van der Waals surface area contributed by atoms with Crippen LogP contribution in [0.15, 0.2) is 60.0 Å². The summed E-state index contributed by atoms with van der Waals surface area (Å²) in [4.78, 5) is -0.519. The van der Waals surface area contributed by atoms with Crippen molar-refractivity contribution in [3.8, 4) is 6.07 Å². The summed E-state index contributed by atoms with van der Waals surface area (Å²) in [7, 11) is -4.24. The van der Waals surface area contributed by atoms with Crippen LogP contribution in [-0.2, 0) is 22.7 Å². The van der Waals surface area contributed by atoms with Gasteiger partial charge in [-0.25, -0.2) is 8.42 Å². The predicted molar refractivity (Wildman–Crippen MR) is 95.4 cm³/mol. The molecule has 2 aromatic carbocycles. The van der Waals surface area contributed by atoms with Crippen molar-refractivity contribution in [3.05, 3.63) is 76.8 Å². The third kappa shape index (κ3) is 4.89. The van der Waals surface area contributed by atoms with Crippen LogP contribution < -0.4 is 0 Å². The summed E-state index contributed by atoms with van der Waals surface area (Å²) in [6.45, 7) is 3.30. The molecule has 0 aliphatic rings. The molecule has 4 nitrogen and oxygen atoms in total. The normalized spacial score (nSPS) is 12.0. The highest BCUT2D eigenvalue weighted by molar-refractivity contribution is 7.89. The minimum Gasteiger partial charge on any atom is -0.207 e. The van der Waals surface area contributed by atoms with Gasteiger partial charge in [-0.05, 0) is 35.9 Å². The van der Waals surface area contributed by atoms with Gasteiger partial charge in [0.25, 0.3) is 0 Å². The number of nitrogens with zero attached hydrogens (tertiary/aromatic N) is 2. The Labute approximate surface area is 160 Å². The van der Waals surface area contributed by atoms with Crippen molar-refractivity contribution in [1.82, 2.24) is 4.31 Å². The molecule has 0 heterocycles. The molecule has 0 aromatic heterocycles. The van der Waals surface area contributed by atoms with Crippen molar-refractivity contribution in [1.29, 1.82) is 5.26 Å². The summed E-state index contributed by atoms with van der Waals surface area (Å²) in [5, 5.41) is 8.23. The molecule has 0 N–H and O–H groups in total. The molecule has 0 saturated heterocycles. The third-order valence-corrected chi connectivity index (χ3v) is 5.79. The maximum absolute atomic E-state index is 13.0. The molecule has 0 aliphatic heterocycles.